The molecule has 1 fully saturated rings. The second-order valence-corrected chi connectivity index (χ2v) is 7.22. The fraction of sp³-hybridized carbons (Fsp3) is 0.286. The molecule has 0 aliphatic carbocycles. The Labute approximate surface area is 164 Å². The molecular weight excluding hydrogens is 358 g/mol. The van der Waals surface area contributed by atoms with Crippen LogP contribution >= 0.6 is 11.6 Å². The van der Waals surface area contributed by atoms with Gasteiger partial charge in [0.05, 0.1) is 0 Å². The second-order valence-electron chi connectivity index (χ2n) is 6.78. The van der Waals surface area contributed by atoms with Gasteiger partial charge in [-0.05, 0) is 61.7 Å². The Kier molecular flexibility index (Phi) is 5.61. The topological polar surface area (TPSA) is 62.7 Å². The molecule has 27 heavy (non-hydrogen) atoms. The van der Waals surface area contributed by atoms with Crippen molar-refractivity contribution < 1.29 is 0 Å². The molecule has 3 aromatic rings. The van der Waals surface area contributed by atoms with Gasteiger partial charge in [0, 0.05) is 41.3 Å². The Bertz CT molecular complexity index is 877. The minimum absolute atomic E-state index is 0.654. The summed E-state index contributed by atoms with van der Waals surface area (Å²) in [5.41, 5.74) is 2.93. The standard InChI is InChI=1S/C21H22ClN5/c22-18-5-3-16(4-6-18)19-14-26-20(17-2-1-9-24-13-17)27-21(19)25-12-15-7-10-23-11-8-15/h1-6,9,13-15,23H,7-8,10-12H2,(H,25,26,27). The maximum absolute atomic E-state index is 6.05. The zero-order chi connectivity index (χ0) is 18.5. The van der Waals surface area contributed by atoms with E-state index in [1.165, 1.54) is 12.8 Å². The van der Waals surface area contributed by atoms with Crippen LogP contribution in [0.1, 0.15) is 12.8 Å². The molecule has 1 aliphatic heterocycles. The Morgan fingerprint density at radius 1 is 1.04 bits per heavy atom. The van der Waals surface area contributed by atoms with E-state index in [-0.39, 0.29) is 0 Å². The van der Waals surface area contributed by atoms with Gasteiger partial charge in [-0.2, -0.15) is 0 Å². The minimum Gasteiger partial charge on any atom is -0.369 e. The van der Waals surface area contributed by atoms with E-state index < -0.39 is 0 Å². The zero-order valence-corrected chi connectivity index (χ0v) is 15.8. The molecule has 1 aromatic carbocycles. The highest BCUT2D eigenvalue weighted by Crippen LogP contribution is 2.29. The third-order valence-electron chi connectivity index (χ3n) is 4.88. The molecule has 1 aliphatic rings. The number of nitrogens with zero attached hydrogens (tertiary/aromatic N) is 3. The average Bonchev–Trinajstić information content (AvgIpc) is 2.74. The zero-order valence-electron chi connectivity index (χ0n) is 15.0. The normalized spacial score (nSPS) is 14.9. The summed E-state index contributed by atoms with van der Waals surface area (Å²) >= 11 is 6.05. The van der Waals surface area contributed by atoms with Gasteiger partial charge in [0.15, 0.2) is 5.82 Å². The van der Waals surface area contributed by atoms with Gasteiger partial charge in [0.2, 0.25) is 0 Å². The number of benzene rings is 1. The van der Waals surface area contributed by atoms with Crippen LogP contribution in [0, 0.1) is 5.92 Å². The van der Waals surface area contributed by atoms with Crippen molar-refractivity contribution in [3.05, 3.63) is 60.0 Å². The highest BCUT2D eigenvalue weighted by Gasteiger charge is 2.15. The molecule has 5 nitrogen and oxygen atoms in total. The van der Waals surface area contributed by atoms with Gasteiger partial charge in [0.1, 0.15) is 5.82 Å². The molecule has 2 N–H and O–H groups in total. The van der Waals surface area contributed by atoms with Gasteiger partial charge >= 0.3 is 0 Å². The van der Waals surface area contributed by atoms with Crippen LogP contribution in [0.2, 0.25) is 5.02 Å². The molecule has 0 spiro atoms. The summed E-state index contributed by atoms with van der Waals surface area (Å²) in [6, 6.07) is 11.7. The molecule has 0 unspecified atom stereocenters. The first kappa shape index (κ1) is 17.9. The van der Waals surface area contributed by atoms with Gasteiger partial charge in [0.25, 0.3) is 0 Å². The summed E-state index contributed by atoms with van der Waals surface area (Å²) in [7, 11) is 0. The fourth-order valence-electron chi connectivity index (χ4n) is 3.32. The maximum Gasteiger partial charge on any atom is 0.163 e. The third kappa shape index (κ3) is 4.43. The van der Waals surface area contributed by atoms with E-state index >= 15 is 0 Å². The lowest BCUT2D eigenvalue weighted by Crippen LogP contribution is -2.31. The first-order valence-electron chi connectivity index (χ1n) is 9.27. The lowest BCUT2D eigenvalue weighted by molar-refractivity contribution is 0.389. The van der Waals surface area contributed by atoms with Crippen molar-refractivity contribution in [2.75, 3.05) is 25.0 Å². The van der Waals surface area contributed by atoms with Crippen LogP contribution in [0.4, 0.5) is 5.82 Å². The van der Waals surface area contributed by atoms with Gasteiger partial charge in [-0.3, -0.25) is 4.98 Å². The number of aromatic nitrogens is 3. The number of nitrogens with one attached hydrogen (secondary N) is 2. The lowest BCUT2D eigenvalue weighted by atomic mass is 9.98. The smallest absolute Gasteiger partial charge is 0.163 e. The third-order valence-corrected chi connectivity index (χ3v) is 5.13. The Hall–Kier alpha value is -2.50. The SMILES string of the molecule is Clc1ccc(-c2cnc(-c3cccnc3)nc2NCC2CCNCC2)cc1. The summed E-state index contributed by atoms with van der Waals surface area (Å²) in [4.78, 5) is 13.6. The monoisotopic (exact) mass is 379 g/mol. The van der Waals surface area contributed by atoms with E-state index in [0.29, 0.717) is 11.7 Å². The molecule has 0 bridgehead atoms. The number of piperidine rings is 1. The first-order valence-corrected chi connectivity index (χ1v) is 9.65. The molecular formula is C21H22ClN5. The molecule has 2 aromatic heterocycles. The summed E-state index contributed by atoms with van der Waals surface area (Å²) in [5, 5.41) is 7.71. The van der Waals surface area contributed by atoms with Crippen LogP contribution in [-0.4, -0.2) is 34.6 Å². The summed E-state index contributed by atoms with van der Waals surface area (Å²) in [6.45, 7) is 3.08. The minimum atomic E-state index is 0.654. The largest absolute Gasteiger partial charge is 0.369 e. The number of hydrogen-bond acceptors (Lipinski definition) is 5. The van der Waals surface area contributed by atoms with E-state index in [1.54, 1.807) is 12.4 Å². The number of pyridine rings is 1. The van der Waals surface area contributed by atoms with Gasteiger partial charge < -0.3 is 10.6 Å². The van der Waals surface area contributed by atoms with Crippen molar-refractivity contribution in [3.8, 4) is 22.5 Å². The fourth-order valence-corrected chi connectivity index (χ4v) is 3.44. The van der Waals surface area contributed by atoms with E-state index in [1.807, 2.05) is 42.6 Å². The molecule has 6 heteroatoms. The first-order chi connectivity index (χ1) is 13.3. The van der Waals surface area contributed by atoms with Crippen molar-refractivity contribution >= 4 is 17.4 Å². The number of rotatable bonds is 5. The lowest BCUT2D eigenvalue weighted by Gasteiger charge is -2.23. The summed E-state index contributed by atoms with van der Waals surface area (Å²) in [6.07, 6.45) is 7.78. The van der Waals surface area contributed by atoms with Crippen LogP contribution in [0.5, 0.6) is 0 Å². The molecule has 138 valence electrons. The summed E-state index contributed by atoms with van der Waals surface area (Å²) < 4.78 is 0. The van der Waals surface area contributed by atoms with Gasteiger partial charge in [-0.25, -0.2) is 9.97 Å². The number of hydrogen-bond donors (Lipinski definition) is 2. The Morgan fingerprint density at radius 3 is 2.59 bits per heavy atom. The van der Waals surface area contributed by atoms with E-state index in [9.17, 15) is 0 Å². The number of halogens is 1. The predicted molar refractivity (Wildman–Crippen MR) is 110 cm³/mol. The van der Waals surface area contributed by atoms with Crippen molar-refractivity contribution in [2.45, 2.75) is 12.8 Å². The molecule has 0 radical (unpaired) electrons. The average molecular weight is 380 g/mol. The second kappa shape index (κ2) is 8.46. The molecule has 3 heterocycles. The van der Waals surface area contributed by atoms with Crippen LogP contribution < -0.4 is 10.6 Å². The van der Waals surface area contributed by atoms with Crippen LogP contribution in [0.25, 0.3) is 22.5 Å². The highest BCUT2D eigenvalue weighted by atomic mass is 35.5. The van der Waals surface area contributed by atoms with Crippen molar-refractivity contribution in [1.29, 1.82) is 0 Å². The van der Waals surface area contributed by atoms with Crippen molar-refractivity contribution in [2.24, 2.45) is 5.92 Å². The predicted octanol–water partition coefficient (Wildman–Crippen LogP) is 4.27. The van der Waals surface area contributed by atoms with E-state index in [0.717, 1.165) is 47.2 Å². The van der Waals surface area contributed by atoms with Gasteiger partial charge in [-0.15, -0.1) is 0 Å². The molecule has 0 atom stereocenters. The van der Waals surface area contributed by atoms with E-state index in [2.05, 4.69) is 20.6 Å². The number of anilines is 1. The molecule has 0 saturated carbocycles. The quantitative estimate of drug-likeness (QED) is 0.693. The molecule has 0 amide bonds. The van der Waals surface area contributed by atoms with Crippen LogP contribution in [0.3, 0.4) is 0 Å². The van der Waals surface area contributed by atoms with Crippen LogP contribution in [-0.2, 0) is 0 Å². The van der Waals surface area contributed by atoms with Gasteiger partial charge in [-0.1, -0.05) is 23.7 Å². The van der Waals surface area contributed by atoms with Crippen LogP contribution in [0.15, 0.2) is 55.0 Å². The van der Waals surface area contributed by atoms with E-state index in [4.69, 9.17) is 16.6 Å². The van der Waals surface area contributed by atoms with Crippen molar-refractivity contribution in [3.63, 3.8) is 0 Å². The highest BCUT2D eigenvalue weighted by molar-refractivity contribution is 6.30. The Balaban J connectivity index is 1.65. The van der Waals surface area contributed by atoms with Crippen molar-refractivity contribution in [1.82, 2.24) is 20.3 Å². The molecule has 4 rings (SSSR count). The molecule has 1 saturated heterocycles. The summed E-state index contributed by atoms with van der Waals surface area (Å²) in [5.74, 6) is 2.18. The maximum atomic E-state index is 6.05. The Morgan fingerprint density at radius 2 is 1.85 bits per heavy atom.